The van der Waals surface area contributed by atoms with Crippen molar-refractivity contribution in [1.29, 1.82) is 0 Å². The highest BCUT2D eigenvalue weighted by atomic mass is 19.1. The van der Waals surface area contributed by atoms with Crippen LogP contribution < -0.4 is 11.1 Å². The van der Waals surface area contributed by atoms with Crippen LogP contribution in [0.2, 0.25) is 0 Å². The van der Waals surface area contributed by atoms with E-state index in [1.807, 2.05) is 44.2 Å². The summed E-state index contributed by atoms with van der Waals surface area (Å²) in [5.41, 5.74) is 9.15. The van der Waals surface area contributed by atoms with Crippen LogP contribution in [0, 0.1) is 11.6 Å². The van der Waals surface area contributed by atoms with Gasteiger partial charge in [0.05, 0.1) is 17.9 Å². The van der Waals surface area contributed by atoms with Gasteiger partial charge in [-0.2, -0.15) is 0 Å². The number of nitrogen functional groups attached to an aromatic ring is 1. The predicted molar refractivity (Wildman–Crippen MR) is 138 cm³/mol. The lowest BCUT2D eigenvalue weighted by Crippen LogP contribution is -2.35. The van der Waals surface area contributed by atoms with Crippen LogP contribution in [0.1, 0.15) is 63.8 Å². The molecule has 0 saturated heterocycles. The van der Waals surface area contributed by atoms with Crippen molar-refractivity contribution >= 4 is 29.4 Å². The summed E-state index contributed by atoms with van der Waals surface area (Å²) in [5, 5.41) is 2.92. The van der Waals surface area contributed by atoms with Crippen LogP contribution in [0.25, 0.3) is 12.2 Å². The Hall–Kier alpha value is -3.15. The zero-order valence-corrected chi connectivity index (χ0v) is 20.9. The van der Waals surface area contributed by atoms with E-state index in [1.54, 1.807) is 23.1 Å². The maximum Gasteiger partial charge on any atom is 0.241 e. The van der Waals surface area contributed by atoms with Crippen LogP contribution in [-0.2, 0) is 15.6 Å². The normalized spacial score (nSPS) is 15.9. The molecule has 2 aliphatic carbocycles. The lowest BCUT2D eigenvalue weighted by Gasteiger charge is -2.21. The number of nitrogens with zero attached hydrogens (tertiary/aromatic N) is 1. The third-order valence-electron chi connectivity index (χ3n) is 6.66. The van der Waals surface area contributed by atoms with E-state index in [4.69, 9.17) is 5.73 Å². The second kappa shape index (κ2) is 9.61. The minimum atomic E-state index is -0.292. The molecule has 0 aliphatic heterocycles. The third kappa shape index (κ3) is 4.86. The van der Waals surface area contributed by atoms with Crippen LogP contribution in [-0.4, -0.2) is 30.4 Å². The molecule has 0 saturated carbocycles. The molecule has 3 N–H and O–H groups in total. The lowest BCUT2D eigenvalue weighted by molar-refractivity contribution is -0.128. The van der Waals surface area contributed by atoms with Gasteiger partial charge in [0.25, 0.3) is 0 Å². The minimum absolute atomic E-state index is 0.0178. The maximum atomic E-state index is 14.5. The van der Waals surface area contributed by atoms with Crippen molar-refractivity contribution in [2.45, 2.75) is 52.4 Å². The van der Waals surface area contributed by atoms with Crippen molar-refractivity contribution < 1.29 is 13.6 Å². The quantitative estimate of drug-likeness (QED) is 0.521. The van der Waals surface area contributed by atoms with Gasteiger partial charge in [-0.05, 0) is 37.1 Å². The number of nitrogens with one attached hydrogen (secondary N) is 1. The molecule has 0 heterocycles. The van der Waals surface area contributed by atoms with Crippen molar-refractivity contribution in [1.82, 2.24) is 4.90 Å². The highest BCUT2D eigenvalue weighted by molar-refractivity contribution is 5.81. The first-order valence-corrected chi connectivity index (χ1v) is 11.7. The van der Waals surface area contributed by atoms with Crippen LogP contribution in [0.3, 0.4) is 0 Å². The van der Waals surface area contributed by atoms with Gasteiger partial charge in [-0.3, -0.25) is 4.79 Å². The average molecular weight is 468 g/mol. The molecule has 2 aromatic carbocycles. The molecule has 0 atom stereocenters. The van der Waals surface area contributed by atoms with Gasteiger partial charge in [0, 0.05) is 35.0 Å². The number of benzene rings is 2. The Labute approximate surface area is 201 Å². The van der Waals surface area contributed by atoms with Crippen LogP contribution in [0.15, 0.2) is 36.4 Å². The molecule has 4 rings (SSSR count). The molecule has 4 nitrogen and oxygen atoms in total. The third-order valence-corrected chi connectivity index (χ3v) is 6.66. The largest absolute Gasteiger partial charge is 0.396 e. The Morgan fingerprint density at radius 3 is 1.91 bits per heavy atom. The molecular formula is C28H35F2N3O. The van der Waals surface area contributed by atoms with Crippen LogP contribution in [0.4, 0.5) is 20.2 Å². The predicted octanol–water partition coefficient (Wildman–Crippen LogP) is 6.12. The van der Waals surface area contributed by atoms with Gasteiger partial charge in [0.15, 0.2) is 11.6 Å². The molecule has 1 amide bonds. The van der Waals surface area contributed by atoms with E-state index in [2.05, 4.69) is 33.0 Å². The highest BCUT2D eigenvalue weighted by Crippen LogP contribution is 2.39. The number of amides is 1. The molecule has 34 heavy (non-hydrogen) atoms. The van der Waals surface area contributed by atoms with Crippen LogP contribution >= 0.6 is 0 Å². The monoisotopic (exact) mass is 467 g/mol. The number of carbonyl (C=O) groups excluding carboxylic acids is 1. The first-order chi connectivity index (χ1) is 15.9. The molecule has 6 heteroatoms. The second-order valence-corrected chi connectivity index (χ2v) is 9.85. The van der Waals surface area contributed by atoms with E-state index < -0.39 is 0 Å². The van der Waals surface area contributed by atoms with E-state index in [0.29, 0.717) is 29.9 Å². The molecular weight excluding hydrogens is 432 g/mol. The van der Waals surface area contributed by atoms with Gasteiger partial charge < -0.3 is 16.0 Å². The maximum absolute atomic E-state index is 14.5. The Morgan fingerprint density at radius 2 is 1.38 bits per heavy atom. The van der Waals surface area contributed by atoms with E-state index in [-0.39, 0.29) is 40.6 Å². The van der Waals surface area contributed by atoms with E-state index in [0.717, 1.165) is 11.1 Å². The van der Waals surface area contributed by atoms with Crippen molar-refractivity contribution in [3.8, 4) is 0 Å². The number of rotatable bonds is 5. The number of allylic oxidation sites excluding steroid dienone is 2. The van der Waals surface area contributed by atoms with Gasteiger partial charge in [-0.1, -0.05) is 64.1 Å². The Morgan fingerprint density at radius 1 is 0.882 bits per heavy atom. The smallest absolute Gasteiger partial charge is 0.241 e. The summed E-state index contributed by atoms with van der Waals surface area (Å²) < 4.78 is 28.0. The molecule has 0 unspecified atom stereocenters. The topological polar surface area (TPSA) is 58.4 Å². The summed E-state index contributed by atoms with van der Waals surface area (Å²) >= 11 is 0. The molecule has 0 radical (unpaired) electrons. The summed E-state index contributed by atoms with van der Waals surface area (Å²) in [7, 11) is 0. The molecule has 2 aromatic rings. The minimum Gasteiger partial charge on any atom is -0.396 e. The first kappa shape index (κ1) is 25.5. The molecule has 0 bridgehead atoms. The van der Waals surface area contributed by atoms with E-state index in [1.165, 1.54) is 0 Å². The number of hydrogen-bond acceptors (Lipinski definition) is 3. The second-order valence-electron chi connectivity index (χ2n) is 9.85. The fraction of sp³-hybridized carbons (Fsp3) is 0.393. The number of carbonyl (C=O) groups is 1. The summed E-state index contributed by atoms with van der Waals surface area (Å²) in [4.78, 5) is 13.7. The van der Waals surface area contributed by atoms with Gasteiger partial charge in [0.1, 0.15) is 0 Å². The highest BCUT2D eigenvalue weighted by Gasteiger charge is 2.28. The molecule has 0 spiro atoms. The fourth-order valence-corrected chi connectivity index (χ4v) is 4.41. The zero-order chi connectivity index (χ0) is 25.3. The SMILES string of the molecule is CC1(C)C=Cc2c1ccc(N)c2F.CCN(CC)C(=O)CNc1ccc2c(c1F)C=CC2(C)C. The van der Waals surface area contributed by atoms with Crippen molar-refractivity contribution in [2.24, 2.45) is 0 Å². The van der Waals surface area contributed by atoms with Crippen molar-refractivity contribution in [2.75, 3.05) is 30.7 Å². The molecule has 2 aliphatic rings. The van der Waals surface area contributed by atoms with E-state index in [9.17, 15) is 13.6 Å². The number of likely N-dealkylation sites (N-methyl/N-ethyl adjacent to an activating group) is 1. The lowest BCUT2D eigenvalue weighted by atomic mass is 9.87. The van der Waals surface area contributed by atoms with Crippen LogP contribution in [0.5, 0.6) is 0 Å². The molecule has 0 aromatic heterocycles. The Kier molecular flexibility index (Phi) is 7.20. The summed E-state index contributed by atoms with van der Waals surface area (Å²) in [6, 6.07) is 7.18. The Bertz CT molecular complexity index is 1140. The van der Waals surface area contributed by atoms with Crippen molar-refractivity contribution in [3.63, 3.8) is 0 Å². The number of hydrogen-bond donors (Lipinski definition) is 2. The zero-order valence-electron chi connectivity index (χ0n) is 20.9. The number of nitrogens with two attached hydrogens (primary N) is 1. The standard InChI is InChI=1S/C17H23FN2O.C11H12FN/c1-5-20(6-2)15(21)11-19-14-8-7-13-12(16(14)18)9-10-17(13,3)4;1-11(2)6-5-7-8(11)3-4-9(13)10(7)12/h7-10,19H,5-6,11H2,1-4H3;3-6H,13H2,1-2H3. The fourth-order valence-electron chi connectivity index (χ4n) is 4.41. The van der Waals surface area contributed by atoms with Gasteiger partial charge in [0.2, 0.25) is 5.91 Å². The van der Waals surface area contributed by atoms with Gasteiger partial charge in [-0.25, -0.2) is 8.78 Å². The average Bonchev–Trinajstić information content (AvgIpc) is 3.27. The summed E-state index contributed by atoms with van der Waals surface area (Å²) in [5.74, 6) is -0.586. The Balaban J connectivity index is 0.000000212. The number of halogens is 2. The van der Waals surface area contributed by atoms with E-state index >= 15 is 0 Å². The van der Waals surface area contributed by atoms with Gasteiger partial charge in [-0.15, -0.1) is 0 Å². The molecule has 182 valence electrons. The summed E-state index contributed by atoms with van der Waals surface area (Å²) in [6.07, 6.45) is 7.63. The number of fused-ring (bicyclic) bond motifs is 2. The number of anilines is 2. The van der Waals surface area contributed by atoms with Crippen molar-refractivity contribution in [3.05, 3.63) is 70.3 Å². The van der Waals surface area contributed by atoms with Gasteiger partial charge >= 0.3 is 0 Å². The summed E-state index contributed by atoms with van der Waals surface area (Å²) in [6.45, 7) is 13.6. The molecule has 0 fully saturated rings. The first-order valence-electron chi connectivity index (χ1n) is 11.7.